The fourth-order valence-corrected chi connectivity index (χ4v) is 5.49. The largest absolute Gasteiger partial charge is 0.370 e. The quantitative estimate of drug-likeness (QED) is 0.407. The normalized spacial score (nSPS) is 17.1. The van der Waals surface area contributed by atoms with Gasteiger partial charge in [0.15, 0.2) is 0 Å². The molecule has 0 saturated carbocycles. The van der Waals surface area contributed by atoms with Crippen molar-refractivity contribution in [2.75, 3.05) is 31.1 Å². The van der Waals surface area contributed by atoms with Gasteiger partial charge in [-0.15, -0.1) is 0 Å². The fourth-order valence-electron chi connectivity index (χ4n) is 5.49. The second-order valence-corrected chi connectivity index (χ2v) is 10.2. The molecule has 1 saturated heterocycles. The van der Waals surface area contributed by atoms with Gasteiger partial charge in [-0.1, -0.05) is 6.07 Å². The molecule has 3 aromatic heterocycles. The first-order chi connectivity index (χ1) is 18.4. The number of aryl methyl sites for hydroxylation is 1. The van der Waals surface area contributed by atoms with E-state index in [2.05, 4.69) is 39.0 Å². The van der Waals surface area contributed by atoms with Crippen molar-refractivity contribution in [3.05, 3.63) is 77.4 Å². The van der Waals surface area contributed by atoms with Crippen LogP contribution in [0.15, 0.2) is 53.9 Å². The molecule has 7 nitrogen and oxygen atoms in total. The number of hydrogen-bond donors (Lipinski definition) is 2. The first-order valence-corrected chi connectivity index (χ1v) is 13.1. The fraction of sp³-hybridized carbons (Fsp3) is 0.345. The van der Waals surface area contributed by atoms with Crippen molar-refractivity contribution in [2.24, 2.45) is 10.7 Å². The highest BCUT2D eigenvalue weighted by Gasteiger charge is 2.29. The minimum absolute atomic E-state index is 0.0959. The molecule has 1 unspecified atom stereocenters. The molecule has 0 radical (unpaired) electrons. The van der Waals surface area contributed by atoms with E-state index in [1.165, 1.54) is 12.1 Å². The Bertz CT molecular complexity index is 1500. The van der Waals surface area contributed by atoms with Crippen LogP contribution >= 0.6 is 0 Å². The average molecular weight is 516 g/mol. The second kappa shape index (κ2) is 9.79. The molecule has 2 aliphatic heterocycles. The van der Waals surface area contributed by atoms with Crippen molar-refractivity contribution in [1.82, 2.24) is 19.9 Å². The van der Waals surface area contributed by atoms with Crippen LogP contribution in [0.3, 0.4) is 0 Å². The van der Waals surface area contributed by atoms with E-state index in [4.69, 9.17) is 15.7 Å². The lowest BCUT2D eigenvalue weighted by molar-refractivity contribution is 0.502. The SMILES string of the molecule is Cc1ccc(C(C)n2cc(C3=NCCN3)c3c(N4CCC(N)CC4)c(-c4cc(F)cc(F)c4)cnc32)nc1. The molecule has 0 amide bonds. The van der Waals surface area contributed by atoms with E-state index in [1.54, 1.807) is 6.20 Å². The summed E-state index contributed by atoms with van der Waals surface area (Å²) in [6.45, 7) is 7.04. The number of nitrogens with zero attached hydrogens (tertiary/aromatic N) is 5. The van der Waals surface area contributed by atoms with Crippen LogP contribution in [0, 0.1) is 18.6 Å². The number of hydrogen-bond acceptors (Lipinski definition) is 6. The van der Waals surface area contributed by atoms with Crippen molar-refractivity contribution < 1.29 is 8.78 Å². The summed E-state index contributed by atoms with van der Waals surface area (Å²) in [6, 6.07) is 7.76. The Balaban J connectivity index is 1.62. The number of nitrogens with one attached hydrogen (secondary N) is 1. The van der Waals surface area contributed by atoms with Gasteiger partial charge in [0.1, 0.15) is 23.1 Å². The van der Waals surface area contributed by atoms with E-state index in [0.29, 0.717) is 17.7 Å². The van der Waals surface area contributed by atoms with Crippen LogP contribution in [0.1, 0.15) is 42.6 Å². The Hall–Kier alpha value is -3.85. The van der Waals surface area contributed by atoms with Crippen LogP contribution in [0.2, 0.25) is 0 Å². The average Bonchev–Trinajstić information content (AvgIpc) is 3.56. The van der Waals surface area contributed by atoms with Crippen LogP contribution in [0.4, 0.5) is 14.5 Å². The summed E-state index contributed by atoms with van der Waals surface area (Å²) in [4.78, 5) is 16.6. The van der Waals surface area contributed by atoms with E-state index >= 15 is 0 Å². The van der Waals surface area contributed by atoms with Crippen LogP contribution in [-0.4, -0.2) is 52.6 Å². The standard InChI is InChI=1S/C29H31F2N7/c1-17-3-4-25(35-14-17)18(2)38-16-24(28-33-7-8-34-28)26-27(37-9-5-22(32)6-10-37)23(15-36-29(26)38)19-11-20(30)13-21(31)12-19/h3-4,11-16,18,22H,5-10,32H2,1-2H3,(H,33,34). The summed E-state index contributed by atoms with van der Waals surface area (Å²) in [5.41, 5.74) is 12.0. The van der Waals surface area contributed by atoms with Crippen LogP contribution < -0.4 is 16.0 Å². The van der Waals surface area contributed by atoms with Crippen LogP contribution in [0.5, 0.6) is 0 Å². The highest BCUT2D eigenvalue weighted by Crippen LogP contribution is 2.42. The highest BCUT2D eigenvalue weighted by atomic mass is 19.1. The number of benzene rings is 1. The number of pyridine rings is 2. The van der Waals surface area contributed by atoms with Gasteiger partial charge in [-0.3, -0.25) is 9.98 Å². The van der Waals surface area contributed by atoms with Gasteiger partial charge in [-0.2, -0.15) is 0 Å². The van der Waals surface area contributed by atoms with E-state index in [9.17, 15) is 8.78 Å². The number of fused-ring (bicyclic) bond motifs is 1. The number of aromatic nitrogens is 3. The zero-order chi connectivity index (χ0) is 26.4. The van der Waals surface area contributed by atoms with E-state index in [1.807, 2.05) is 19.2 Å². The molecule has 0 bridgehead atoms. The summed E-state index contributed by atoms with van der Waals surface area (Å²) in [5.74, 6) is -0.437. The molecule has 6 rings (SSSR count). The lowest BCUT2D eigenvalue weighted by atomic mass is 9.98. The lowest BCUT2D eigenvalue weighted by Gasteiger charge is -2.34. The first-order valence-electron chi connectivity index (χ1n) is 13.1. The number of piperidine rings is 1. The molecule has 1 fully saturated rings. The Labute approximate surface area is 220 Å². The summed E-state index contributed by atoms with van der Waals surface area (Å²) in [6.07, 6.45) is 7.35. The third kappa shape index (κ3) is 4.41. The third-order valence-electron chi connectivity index (χ3n) is 7.55. The van der Waals surface area contributed by atoms with Gasteiger partial charge >= 0.3 is 0 Å². The van der Waals surface area contributed by atoms with E-state index in [0.717, 1.165) is 77.9 Å². The molecule has 4 aromatic rings. The molecule has 0 aliphatic carbocycles. The van der Waals surface area contributed by atoms with Gasteiger partial charge < -0.3 is 20.5 Å². The second-order valence-electron chi connectivity index (χ2n) is 10.2. The number of aliphatic imine (C=N–C) groups is 1. The molecule has 3 N–H and O–H groups in total. The van der Waals surface area contributed by atoms with Gasteiger partial charge in [-0.25, -0.2) is 13.8 Å². The molecule has 38 heavy (non-hydrogen) atoms. The molecule has 196 valence electrons. The molecular weight excluding hydrogens is 484 g/mol. The molecule has 9 heteroatoms. The number of anilines is 1. The van der Waals surface area contributed by atoms with Crippen molar-refractivity contribution in [3.8, 4) is 11.1 Å². The molecule has 1 atom stereocenters. The number of rotatable bonds is 5. The Kier molecular flexibility index (Phi) is 6.31. The number of halogens is 2. The van der Waals surface area contributed by atoms with Crippen LogP contribution in [0.25, 0.3) is 22.2 Å². The van der Waals surface area contributed by atoms with Gasteiger partial charge in [0.05, 0.1) is 29.4 Å². The summed E-state index contributed by atoms with van der Waals surface area (Å²) < 4.78 is 30.9. The predicted octanol–water partition coefficient (Wildman–Crippen LogP) is 4.57. The van der Waals surface area contributed by atoms with Crippen molar-refractivity contribution in [1.29, 1.82) is 0 Å². The summed E-state index contributed by atoms with van der Waals surface area (Å²) in [7, 11) is 0. The Morgan fingerprint density at radius 3 is 2.45 bits per heavy atom. The summed E-state index contributed by atoms with van der Waals surface area (Å²) in [5, 5.41) is 4.33. The minimum atomic E-state index is -0.620. The zero-order valence-corrected chi connectivity index (χ0v) is 21.6. The van der Waals surface area contributed by atoms with Gasteiger partial charge in [-0.05, 0) is 56.0 Å². The maximum absolute atomic E-state index is 14.4. The first kappa shape index (κ1) is 24.5. The van der Waals surface area contributed by atoms with Crippen molar-refractivity contribution >= 4 is 22.6 Å². The molecule has 0 spiro atoms. The third-order valence-corrected chi connectivity index (χ3v) is 7.55. The molecule has 2 aliphatic rings. The highest BCUT2D eigenvalue weighted by molar-refractivity contribution is 6.15. The lowest BCUT2D eigenvalue weighted by Crippen LogP contribution is -2.40. The van der Waals surface area contributed by atoms with Crippen LogP contribution in [-0.2, 0) is 0 Å². The smallest absolute Gasteiger partial charge is 0.143 e. The minimum Gasteiger partial charge on any atom is -0.370 e. The maximum Gasteiger partial charge on any atom is 0.143 e. The van der Waals surface area contributed by atoms with E-state index in [-0.39, 0.29) is 12.1 Å². The topological polar surface area (TPSA) is 84.4 Å². The predicted molar refractivity (Wildman–Crippen MR) is 147 cm³/mol. The van der Waals surface area contributed by atoms with Gasteiger partial charge in [0.25, 0.3) is 0 Å². The van der Waals surface area contributed by atoms with Gasteiger partial charge in [0.2, 0.25) is 0 Å². The Morgan fingerprint density at radius 2 is 1.79 bits per heavy atom. The summed E-state index contributed by atoms with van der Waals surface area (Å²) >= 11 is 0. The maximum atomic E-state index is 14.4. The van der Waals surface area contributed by atoms with Crippen molar-refractivity contribution in [2.45, 2.75) is 38.8 Å². The van der Waals surface area contributed by atoms with Crippen molar-refractivity contribution in [3.63, 3.8) is 0 Å². The number of nitrogens with two attached hydrogens (primary N) is 1. The molecular formula is C29H31F2N7. The zero-order valence-electron chi connectivity index (χ0n) is 21.6. The molecule has 5 heterocycles. The monoisotopic (exact) mass is 515 g/mol. The van der Waals surface area contributed by atoms with Gasteiger partial charge in [0, 0.05) is 61.5 Å². The number of amidine groups is 1. The Morgan fingerprint density at radius 1 is 1.03 bits per heavy atom. The molecule has 1 aromatic carbocycles. The van der Waals surface area contributed by atoms with E-state index < -0.39 is 11.6 Å².